The Kier molecular flexibility index (Phi) is 6.50. The van der Waals surface area contributed by atoms with Crippen molar-refractivity contribution in [2.45, 2.75) is 6.42 Å². The van der Waals surface area contributed by atoms with Gasteiger partial charge in [-0.25, -0.2) is 9.97 Å². The Morgan fingerprint density at radius 1 is 1.19 bits per heavy atom. The van der Waals surface area contributed by atoms with Crippen LogP contribution in [-0.4, -0.2) is 69.8 Å². The Hall–Kier alpha value is -3.66. The number of aromatic nitrogens is 3. The number of ether oxygens (including phenoxy) is 1. The standard InChI is InChI=1S/C21H21ClN6O4/c22-14-3-4-17-15(11-14)19(30)24-5-1-8-27(13-18(29)23-7-10-32-17)20(31)16-12-28-9-2-6-25-21(28)26-16/h2-4,6,9,11-12H,1,5,7-8,10,13H2,(H,23,29)(H,24,30). The third-order valence-electron chi connectivity index (χ3n) is 4.83. The van der Waals surface area contributed by atoms with Gasteiger partial charge in [0.05, 0.1) is 18.7 Å². The predicted molar refractivity (Wildman–Crippen MR) is 116 cm³/mol. The minimum atomic E-state index is -0.391. The highest BCUT2D eigenvalue weighted by molar-refractivity contribution is 6.31. The molecule has 32 heavy (non-hydrogen) atoms. The van der Waals surface area contributed by atoms with Gasteiger partial charge in [-0.1, -0.05) is 11.6 Å². The van der Waals surface area contributed by atoms with Crippen LogP contribution < -0.4 is 15.4 Å². The first-order valence-corrected chi connectivity index (χ1v) is 10.5. The summed E-state index contributed by atoms with van der Waals surface area (Å²) in [4.78, 5) is 47.8. The molecule has 0 spiro atoms. The summed E-state index contributed by atoms with van der Waals surface area (Å²) in [5, 5.41) is 5.95. The molecule has 2 N–H and O–H groups in total. The minimum Gasteiger partial charge on any atom is -0.491 e. The van der Waals surface area contributed by atoms with E-state index in [1.807, 2.05) is 0 Å². The van der Waals surface area contributed by atoms with Crippen molar-refractivity contribution in [1.82, 2.24) is 29.9 Å². The van der Waals surface area contributed by atoms with E-state index in [1.54, 1.807) is 41.2 Å². The molecule has 0 bridgehead atoms. The topological polar surface area (TPSA) is 118 Å². The van der Waals surface area contributed by atoms with Crippen molar-refractivity contribution in [3.05, 3.63) is 59.1 Å². The molecule has 0 fully saturated rings. The quantitative estimate of drug-likeness (QED) is 0.567. The fourth-order valence-electron chi connectivity index (χ4n) is 3.30. The van der Waals surface area contributed by atoms with Gasteiger partial charge in [-0.15, -0.1) is 0 Å². The Labute approximate surface area is 188 Å². The van der Waals surface area contributed by atoms with E-state index in [0.29, 0.717) is 35.1 Å². The average Bonchev–Trinajstić information content (AvgIpc) is 3.22. The second-order valence-electron chi connectivity index (χ2n) is 7.13. The molecule has 3 amide bonds. The molecular weight excluding hydrogens is 436 g/mol. The summed E-state index contributed by atoms with van der Waals surface area (Å²) < 4.78 is 7.29. The van der Waals surface area contributed by atoms with Crippen LogP contribution in [0.5, 0.6) is 5.75 Å². The average molecular weight is 457 g/mol. The fraction of sp³-hybridized carbons (Fsp3) is 0.286. The lowest BCUT2D eigenvalue weighted by atomic mass is 10.2. The van der Waals surface area contributed by atoms with Crippen LogP contribution in [0, 0.1) is 0 Å². The number of fused-ring (bicyclic) bond motifs is 2. The van der Waals surface area contributed by atoms with Gasteiger partial charge in [0.25, 0.3) is 11.8 Å². The lowest BCUT2D eigenvalue weighted by Gasteiger charge is -2.22. The molecule has 4 rings (SSSR count). The van der Waals surface area contributed by atoms with Crippen LogP contribution in [0.3, 0.4) is 0 Å². The van der Waals surface area contributed by atoms with Crippen LogP contribution >= 0.6 is 11.6 Å². The summed E-state index contributed by atoms with van der Waals surface area (Å²) in [5.41, 5.74) is 0.500. The highest BCUT2D eigenvalue weighted by Crippen LogP contribution is 2.23. The lowest BCUT2D eigenvalue weighted by molar-refractivity contribution is -0.121. The third-order valence-corrected chi connectivity index (χ3v) is 5.07. The summed E-state index contributed by atoms with van der Waals surface area (Å²) in [6, 6.07) is 6.51. The monoisotopic (exact) mass is 456 g/mol. The Bertz CT molecular complexity index is 1130. The second-order valence-corrected chi connectivity index (χ2v) is 7.56. The van der Waals surface area contributed by atoms with Gasteiger partial charge in [0.2, 0.25) is 11.7 Å². The number of rotatable bonds is 1. The van der Waals surface area contributed by atoms with Gasteiger partial charge >= 0.3 is 0 Å². The molecule has 10 nitrogen and oxygen atoms in total. The normalized spacial score (nSPS) is 15.8. The van der Waals surface area contributed by atoms with Crippen molar-refractivity contribution in [1.29, 1.82) is 0 Å². The van der Waals surface area contributed by atoms with Crippen molar-refractivity contribution >= 4 is 35.1 Å². The molecule has 1 aliphatic rings. The number of imidazole rings is 1. The maximum Gasteiger partial charge on any atom is 0.274 e. The number of amides is 3. The molecule has 3 heterocycles. The van der Waals surface area contributed by atoms with Crippen molar-refractivity contribution in [2.75, 3.05) is 32.8 Å². The number of nitrogens with one attached hydrogen (secondary N) is 2. The van der Waals surface area contributed by atoms with E-state index in [-0.39, 0.29) is 43.7 Å². The van der Waals surface area contributed by atoms with Crippen molar-refractivity contribution in [3.8, 4) is 5.75 Å². The summed E-state index contributed by atoms with van der Waals surface area (Å²) in [7, 11) is 0. The molecule has 1 aliphatic heterocycles. The van der Waals surface area contributed by atoms with Gasteiger partial charge in [0, 0.05) is 36.7 Å². The third kappa shape index (κ3) is 4.97. The van der Waals surface area contributed by atoms with Crippen LogP contribution in [0.25, 0.3) is 5.78 Å². The van der Waals surface area contributed by atoms with Crippen molar-refractivity contribution in [2.24, 2.45) is 0 Å². The summed E-state index contributed by atoms with van der Waals surface area (Å²) >= 11 is 6.03. The summed E-state index contributed by atoms with van der Waals surface area (Å²) in [5.74, 6) is -0.258. The summed E-state index contributed by atoms with van der Waals surface area (Å²) in [6.45, 7) is 0.776. The lowest BCUT2D eigenvalue weighted by Crippen LogP contribution is -2.43. The van der Waals surface area contributed by atoms with E-state index >= 15 is 0 Å². The SMILES string of the molecule is O=C1CN(C(=O)c2cn3cccnc3n2)CCCNC(=O)c2cc(Cl)ccc2OCCN1. The molecule has 3 aromatic rings. The van der Waals surface area contributed by atoms with Gasteiger partial charge in [-0.2, -0.15) is 0 Å². The van der Waals surface area contributed by atoms with Gasteiger partial charge in [0.15, 0.2) is 0 Å². The maximum atomic E-state index is 13.0. The molecule has 166 valence electrons. The van der Waals surface area contributed by atoms with Crippen molar-refractivity contribution in [3.63, 3.8) is 0 Å². The Morgan fingerprint density at radius 2 is 2.06 bits per heavy atom. The first-order chi connectivity index (χ1) is 15.5. The number of benzene rings is 1. The maximum absolute atomic E-state index is 13.0. The van der Waals surface area contributed by atoms with Crippen LogP contribution in [0.15, 0.2) is 42.9 Å². The van der Waals surface area contributed by atoms with E-state index in [4.69, 9.17) is 16.3 Å². The second kappa shape index (κ2) is 9.65. The van der Waals surface area contributed by atoms with Gasteiger partial charge in [-0.3, -0.25) is 18.8 Å². The molecular formula is C21H21ClN6O4. The highest BCUT2D eigenvalue weighted by Gasteiger charge is 2.22. The first kappa shape index (κ1) is 21.6. The number of hydrogen-bond donors (Lipinski definition) is 2. The van der Waals surface area contributed by atoms with E-state index in [0.717, 1.165) is 0 Å². The highest BCUT2D eigenvalue weighted by atomic mass is 35.5. The van der Waals surface area contributed by atoms with Gasteiger partial charge in [-0.05, 0) is 30.7 Å². The molecule has 0 saturated heterocycles. The predicted octanol–water partition coefficient (Wildman–Crippen LogP) is 1.15. The number of nitrogens with zero attached hydrogens (tertiary/aromatic N) is 4. The molecule has 1 aromatic carbocycles. The van der Waals surface area contributed by atoms with Gasteiger partial charge in [0.1, 0.15) is 18.1 Å². The van der Waals surface area contributed by atoms with E-state index < -0.39 is 5.91 Å². The minimum absolute atomic E-state index is 0.139. The van der Waals surface area contributed by atoms with E-state index in [2.05, 4.69) is 20.6 Å². The smallest absolute Gasteiger partial charge is 0.274 e. The van der Waals surface area contributed by atoms with E-state index in [1.165, 1.54) is 11.0 Å². The van der Waals surface area contributed by atoms with Crippen LogP contribution in [0.2, 0.25) is 5.02 Å². The Morgan fingerprint density at radius 3 is 2.91 bits per heavy atom. The van der Waals surface area contributed by atoms with Crippen LogP contribution in [-0.2, 0) is 4.79 Å². The zero-order valence-corrected chi connectivity index (χ0v) is 17.8. The molecule has 0 aliphatic carbocycles. The largest absolute Gasteiger partial charge is 0.491 e. The molecule has 0 radical (unpaired) electrons. The van der Waals surface area contributed by atoms with Crippen LogP contribution in [0.4, 0.5) is 0 Å². The Balaban J connectivity index is 1.50. The zero-order chi connectivity index (χ0) is 22.5. The number of carbonyl (C=O) groups is 3. The zero-order valence-electron chi connectivity index (χ0n) is 17.1. The number of halogens is 1. The summed E-state index contributed by atoms with van der Waals surface area (Å²) in [6.07, 6.45) is 5.33. The molecule has 11 heteroatoms. The van der Waals surface area contributed by atoms with E-state index in [9.17, 15) is 14.4 Å². The molecule has 0 unspecified atom stereocenters. The first-order valence-electron chi connectivity index (χ1n) is 10.1. The fourth-order valence-corrected chi connectivity index (χ4v) is 3.47. The molecule has 0 saturated carbocycles. The molecule has 2 aromatic heterocycles. The molecule has 0 atom stereocenters. The van der Waals surface area contributed by atoms with Crippen molar-refractivity contribution < 1.29 is 19.1 Å². The number of carbonyl (C=O) groups excluding carboxylic acids is 3. The van der Waals surface area contributed by atoms with Gasteiger partial charge < -0.3 is 20.3 Å². The number of hydrogen-bond acceptors (Lipinski definition) is 6. The van der Waals surface area contributed by atoms with Crippen LogP contribution in [0.1, 0.15) is 27.3 Å².